The molecule has 2 N–H and O–H groups in total. The Labute approximate surface area is 233 Å². The Bertz CT molecular complexity index is 1290. The molecule has 11 heteroatoms. The normalized spacial score (nSPS) is 22.9. The first-order valence-electron chi connectivity index (χ1n) is 13.7. The van der Waals surface area contributed by atoms with Gasteiger partial charge in [0.15, 0.2) is 9.84 Å². The molecule has 0 spiro atoms. The van der Waals surface area contributed by atoms with Crippen LogP contribution in [0.5, 0.6) is 0 Å². The van der Waals surface area contributed by atoms with Gasteiger partial charge in [0.25, 0.3) is 5.91 Å². The van der Waals surface area contributed by atoms with Gasteiger partial charge in [-0.15, -0.1) is 0 Å². The molecule has 1 aliphatic heterocycles. The van der Waals surface area contributed by atoms with Crippen LogP contribution in [0.25, 0.3) is 0 Å². The van der Waals surface area contributed by atoms with Crippen LogP contribution in [0.3, 0.4) is 0 Å². The first kappa shape index (κ1) is 30.0. The fourth-order valence-corrected chi connectivity index (χ4v) is 7.25. The molecule has 40 heavy (non-hydrogen) atoms. The number of nitrogens with zero attached hydrogens (tertiary/aromatic N) is 1. The smallest absolute Gasteiger partial charge is 0.340 e. The Kier molecular flexibility index (Phi) is 9.24. The van der Waals surface area contributed by atoms with Gasteiger partial charge in [-0.1, -0.05) is 38.1 Å². The van der Waals surface area contributed by atoms with Gasteiger partial charge in [0.2, 0.25) is 5.91 Å². The van der Waals surface area contributed by atoms with E-state index in [1.165, 1.54) is 12.1 Å². The second kappa shape index (κ2) is 12.3. The molecule has 1 heterocycles. The van der Waals surface area contributed by atoms with Gasteiger partial charge in [-0.25, -0.2) is 8.42 Å². The van der Waals surface area contributed by atoms with Crippen molar-refractivity contribution in [1.29, 1.82) is 0 Å². The zero-order valence-electron chi connectivity index (χ0n) is 22.7. The lowest BCUT2D eigenvalue weighted by molar-refractivity contribution is -0.137. The maximum Gasteiger partial charge on any atom is 0.416 e. The summed E-state index contributed by atoms with van der Waals surface area (Å²) in [6.45, 7) is 4.47. The monoisotopic (exact) mass is 579 g/mol. The van der Waals surface area contributed by atoms with E-state index in [-0.39, 0.29) is 41.3 Å². The Morgan fingerprint density at radius 3 is 2.30 bits per heavy atom. The van der Waals surface area contributed by atoms with Crippen LogP contribution in [-0.4, -0.2) is 61.6 Å². The highest BCUT2D eigenvalue weighted by atomic mass is 32.2. The van der Waals surface area contributed by atoms with Crippen LogP contribution in [-0.2, 0) is 20.8 Å². The largest absolute Gasteiger partial charge is 0.416 e. The number of hydrogen-bond acceptors (Lipinski definition) is 5. The average molecular weight is 580 g/mol. The van der Waals surface area contributed by atoms with E-state index in [1.807, 2.05) is 13.8 Å². The van der Waals surface area contributed by atoms with Gasteiger partial charge in [0.05, 0.1) is 16.2 Å². The van der Waals surface area contributed by atoms with Gasteiger partial charge >= 0.3 is 6.18 Å². The molecular weight excluding hydrogens is 543 g/mol. The van der Waals surface area contributed by atoms with Gasteiger partial charge in [-0.05, 0) is 68.4 Å². The minimum atomic E-state index is -4.56. The van der Waals surface area contributed by atoms with Gasteiger partial charge in [-0.2, -0.15) is 13.2 Å². The second-order valence-electron chi connectivity index (χ2n) is 11.0. The summed E-state index contributed by atoms with van der Waals surface area (Å²) in [5, 5.41) is 6.16. The van der Waals surface area contributed by atoms with Crippen molar-refractivity contribution in [2.75, 3.05) is 12.3 Å². The maximum atomic E-state index is 13.1. The fourth-order valence-electron chi connectivity index (χ4n) is 5.53. The van der Waals surface area contributed by atoms with E-state index < -0.39 is 33.5 Å². The van der Waals surface area contributed by atoms with E-state index in [0.29, 0.717) is 17.9 Å². The third kappa shape index (κ3) is 7.23. The Morgan fingerprint density at radius 2 is 1.68 bits per heavy atom. The topological polar surface area (TPSA) is 95.6 Å². The first-order chi connectivity index (χ1) is 18.8. The van der Waals surface area contributed by atoms with Crippen LogP contribution in [0, 0.1) is 5.92 Å². The predicted octanol–water partition coefficient (Wildman–Crippen LogP) is 4.44. The summed E-state index contributed by atoms with van der Waals surface area (Å²) in [4.78, 5) is 27.8. The molecule has 7 nitrogen and oxygen atoms in total. The standard InChI is InChI=1S/C29H36F3N3O4S/c1-19(2)26(18-40(38,39)24-9-4-3-5-10-24)33-22-11-13-23(14-12-22)35-16-15-25(28(35)37)34-27(36)20-7-6-8-21(17-20)29(30,31)32/h3-10,17,19,22-23,25-26,33H,11-16,18H2,1-2H3,(H,34,36)/t22?,23?,25-,26+/m0/s1. The van der Waals surface area contributed by atoms with E-state index in [4.69, 9.17) is 0 Å². The number of sulfone groups is 1. The molecule has 2 amide bonds. The van der Waals surface area contributed by atoms with E-state index in [0.717, 1.165) is 37.8 Å². The molecule has 218 valence electrons. The highest BCUT2D eigenvalue weighted by Crippen LogP contribution is 2.30. The number of alkyl halides is 3. The number of carbonyl (C=O) groups excluding carboxylic acids is 2. The van der Waals surface area contributed by atoms with E-state index in [1.54, 1.807) is 35.2 Å². The average Bonchev–Trinajstić information content (AvgIpc) is 3.28. The van der Waals surface area contributed by atoms with Gasteiger partial charge in [0.1, 0.15) is 6.04 Å². The number of carbonyl (C=O) groups is 2. The quantitative estimate of drug-likeness (QED) is 0.458. The summed E-state index contributed by atoms with van der Waals surface area (Å²) in [6.07, 6.45) is -1.11. The molecular formula is C29H36F3N3O4S. The highest BCUT2D eigenvalue weighted by molar-refractivity contribution is 7.91. The van der Waals surface area contributed by atoms with Crippen molar-refractivity contribution in [2.45, 2.75) is 81.2 Å². The summed E-state index contributed by atoms with van der Waals surface area (Å²) in [5.74, 6) is -0.806. The van der Waals surface area contributed by atoms with Gasteiger partial charge in [-0.3, -0.25) is 9.59 Å². The number of nitrogens with one attached hydrogen (secondary N) is 2. The number of rotatable bonds is 9. The predicted molar refractivity (Wildman–Crippen MR) is 145 cm³/mol. The van der Waals surface area contributed by atoms with Crippen molar-refractivity contribution in [1.82, 2.24) is 15.5 Å². The molecule has 2 aliphatic rings. The van der Waals surface area contributed by atoms with Crippen molar-refractivity contribution in [3.05, 3.63) is 65.7 Å². The number of likely N-dealkylation sites (tertiary alicyclic amines) is 1. The zero-order chi connectivity index (χ0) is 29.1. The third-order valence-corrected chi connectivity index (χ3v) is 9.68. The molecule has 0 unspecified atom stereocenters. The zero-order valence-corrected chi connectivity index (χ0v) is 23.5. The van der Waals surface area contributed by atoms with Crippen molar-refractivity contribution in [3.8, 4) is 0 Å². The molecule has 2 atom stereocenters. The summed E-state index contributed by atoms with van der Waals surface area (Å²) >= 11 is 0. The molecule has 0 bridgehead atoms. The Balaban J connectivity index is 1.29. The van der Waals surface area contributed by atoms with E-state index >= 15 is 0 Å². The molecule has 2 aromatic carbocycles. The lowest BCUT2D eigenvalue weighted by atomic mass is 9.89. The minimum absolute atomic E-state index is 0.00607. The first-order valence-corrected chi connectivity index (χ1v) is 15.3. The molecule has 1 saturated heterocycles. The van der Waals surface area contributed by atoms with E-state index in [9.17, 15) is 31.2 Å². The molecule has 1 saturated carbocycles. The van der Waals surface area contributed by atoms with Crippen LogP contribution < -0.4 is 10.6 Å². The molecule has 0 radical (unpaired) electrons. The summed E-state index contributed by atoms with van der Waals surface area (Å²) in [7, 11) is -3.44. The highest BCUT2D eigenvalue weighted by Gasteiger charge is 2.39. The van der Waals surface area contributed by atoms with Crippen molar-refractivity contribution in [3.63, 3.8) is 0 Å². The summed E-state index contributed by atoms with van der Waals surface area (Å²) in [6, 6.07) is 11.7. The minimum Gasteiger partial charge on any atom is -0.340 e. The molecule has 2 fully saturated rings. The summed E-state index contributed by atoms with van der Waals surface area (Å²) in [5.41, 5.74) is -1.05. The van der Waals surface area contributed by atoms with Crippen LogP contribution in [0.4, 0.5) is 13.2 Å². The molecule has 2 aromatic rings. The van der Waals surface area contributed by atoms with E-state index in [2.05, 4.69) is 10.6 Å². The fraction of sp³-hybridized carbons (Fsp3) is 0.517. The SMILES string of the molecule is CC(C)[C@@H](CS(=O)(=O)c1ccccc1)NC1CCC(N2CC[C@H](NC(=O)c3cccc(C(F)(F)F)c3)C2=O)CC1. The summed E-state index contributed by atoms with van der Waals surface area (Å²) < 4.78 is 64.9. The molecule has 1 aliphatic carbocycles. The van der Waals surface area contributed by atoms with Gasteiger partial charge < -0.3 is 15.5 Å². The van der Waals surface area contributed by atoms with Gasteiger partial charge in [0, 0.05) is 30.2 Å². The third-order valence-electron chi connectivity index (χ3n) is 7.89. The second-order valence-corrected chi connectivity index (χ2v) is 13.1. The number of amides is 2. The van der Waals surface area contributed by atoms with Crippen molar-refractivity contribution >= 4 is 21.7 Å². The van der Waals surface area contributed by atoms with Crippen LogP contribution in [0.1, 0.15) is 61.9 Å². The Hall–Kier alpha value is -2.92. The Morgan fingerprint density at radius 1 is 1.00 bits per heavy atom. The van der Waals surface area contributed by atoms with Crippen molar-refractivity contribution in [2.24, 2.45) is 5.92 Å². The lowest BCUT2D eigenvalue weighted by Gasteiger charge is -2.37. The number of hydrogen-bond donors (Lipinski definition) is 2. The lowest BCUT2D eigenvalue weighted by Crippen LogP contribution is -2.50. The van der Waals surface area contributed by atoms with Crippen molar-refractivity contribution < 1.29 is 31.2 Å². The van der Waals surface area contributed by atoms with Crippen LogP contribution >= 0.6 is 0 Å². The van der Waals surface area contributed by atoms with Crippen LogP contribution in [0.15, 0.2) is 59.5 Å². The molecule has 4 rings (SSSR count). The number of benzene rings is 2. The maximum absolute atomic E-state index is 13.1. The number of halogens is 3. The van der Waals surface area contributed by atoms with Crippen LogP contribution in [0.2, 0.25) is 0 Å². The molecule has 0 aromatic heterocycles.